The van der Waals surface area contributed by atoms with Gasteiger partial charge in [0.05, 0.1) is 11.4 Å². The first-order valence-electron chi connectivity index (χ1n) is 6.44. The third kappa shape index (κ3) is 3.31. The summed E-state index contributed by atoms with van der Waals surface area (Å²) < 4.78 is 14.5. The largest absolute Gasteiger partial charge is 0.395 e. The zero-order valence-corrected chi connectivity index (χ0v) is 13.2. The van der Waals surface area contributed by atoms with E-state index in [-0.39, 0.29) is 11.1 Å². The van der Waals surface area contributed by atoms with E-state index >= 15 is 0 Å². The molecule has 0 radical (unpaired) electrons. The van der Waals surface area contributed by atoms with E-state index < -0.39 is 5.82 Å². The van der Waals surface area contributed by atoms with E-state index in [9.17, 15) is 4.39 Å². The zero-order chi connectivity index (χ0) is 14.8. The molecule has 0 aromatic heterocycles. The SMILES string of the molecule is CC(C)(CNc1cccc(F)c1N)c1ccc(Br)cc1. The number of nitrogen functional groups attached to an aromatic ring is 1. The summed E-state index contributed by atoms with van der Waals surface area (Å²) in [4.78, 5) is 0. The quantitative estimate of drug-likeness (QED) is 0.803. The van der Waals surface area contributed by atoms with Gasteiger partial charge in [-0.05, 0) is 29.8 Å². The molecule has 0 unspecified atom stereocenters. The van der Waals surface area contributed by atoms with Gasteiger partial charge in [-0.1, -0.05) is 48.0 Å². The van der Waals surface area contributed by atoms with E-state index in [1.165, 1.54) is 11.6 Å². The molecule has 4 heteroatoms. The van der Waals surface area contributed by atoms with Gasteiger partial charge >= 0.3 is 0 Å². The minimum absolute atomic E-state index is 0.0839. The Kier molecular flexibility index (Phi) is 4.33. The van der Waals surface area contributed by atoms with Crippen LogP contribution in [0.2, 0.25) is 0 Å². The summed E-state index contributed by atoms with van der Waals surface area (Å²) in [6.07, 6.45) is 0. The highest BCUT2D eigenvalue weighted by Gasteiger charge is 2.20. The maximum atomic E-state index is 13.4. The number of nitrogens with two attached hydrogens (primary N) is 1. The van der Waals surface area contributed by atoms with Gasteiger partial charge in [-0.3, -0.25) is 0 Å². The summed E-state index contributed by atoms with van der Waals surface area (Å²) in [5.41, 5.74) is 7.65. The molecule has 0 heterocycles. The molecule has 3 N–H and O–H groups in total. The average molecular weight is 337 g/mol. The number of nitrogens with one attached hydrogen (secondary N) is 1. The van der Waals surface area contributed by atoms with Crippen LogP contribution in [0.1, 0.15) is 19.4 Å². The Morgan fingerprint density at radius 1 is 1.15 bits per heavy atom. The van der Waals surface area contributed by atoms with Gasteiger partial charge in [-0.15, -0.1) is 0 Å². The fourth-order valence-corrected chi connectivity index (χ4v) is 2.27. The zero-order valence-electron chi connectivity index (χ0n) is 11.6. The summed E-state index contributed by atoms with van der Waals surface area (Å²) in [5, 5.41) is 3.23. The number of halogens is 2. The first-order valence-corrected chi connectivity index (χ1v) is 7.23. The Balaban J connectivity index is 2.12. The minimum atomic E-state index is -0.392. The first-order chi connectivity index (χ1) is 9.40. The van der Waals surface area contributed by atoms with Crippen molar-refractivity contribution < 1.29 is 4.39 Å². The molecule has 20 heavy (non-hydrogen) atoms. The van der Waals surface area contributed by atoms with Crippen LogP contribution in [0.5, 0.6) is 0 Å². The predicted molar refractivity (Wildman–Crippen MR) is 86.5 cm³/mol. The highest BCUT2D eigenvalue weighted by molar-refractivity contribution is 9.10. The van der Waals surface area contributed by atoms with Crippen LogP contribution in [0.15, 0.2) is 46.9 Å². The average Bonchev–Trinajstić information content (AvgIpc) is 2.41. The highest BCUT2D eigenvalue weighted by atomic mass is 79.9. The van der Waals surface area contributed by atoms with Crippen LogP contribution in [-0.4, -0.2) is 6.54 Å². The van der Waals surface area contributed by atoms with Crippen molar-refractivity contribution in [2.75, 3.05) is 17.6 Å². The monoisotopic (exact) mass is 336 g/mol. The topological polar surface area (TPSA) is 38.0 Å². The molecule has 0 spiro atoms. The number of hydrogen-bond acceptors (Lipinski definition) is 2. The Hall–Kier alpha value is -1.55. The van der Waals surface area contributed by atoms with Crippen LogP contribution in [0.25, 0.3) is 0 Å². The van der Waals surface area contributed by atoms with Crippen LogP contribution >= 0.6 is 15.9 Å². The van der Waals surface area contributed by atoms with Crippen LogP contribution in [-0.2, 0) is 5.41 Å². The second-order valence-electron chi connectivity index (χ2n) is 5.45. The van der Waals surface area contributed by atoms with Crippen molar-refractivity contribution in [3.8, 4) is 0 Å². The molecule has 0 saturated carbocycles. The van der Waals surface area contributed by atoms with E-state index in [0.717, 1.165) is 4.47 Å². The third-order valence-corrected chi connectivity index (χ3v) is 3.93. The molecule has 2 aromatic rings. The number of para-hydroxylation sites is 1. The first kappa shape index (κ1) is 14.9. The minimum Gasteiger partial charge on any atom is -0.395 e. The van der Waals surface area contributed by atoms with E-state index in [1.54, 1.807) is 12.1 Å². The Morgan fingerprint density at radius 3 is 2.45 bits per heavy atom. The van der Waals surface area contributed by atoms with Gasteiger partial charge in [0.1, 0.15) is 5.82 Å². The Bertz CT molecular complexity index is 594. The Morgan fingerprint density at radius 2 is 1.80 bits per heavy atom. The molecular formula is C16H18BrFN2. The van der Waals surface area contributed by atoms with E-state index in [2.05, 4.69) is 47.2 Å². The van der Waals surface area contributed by atoms with Crippen LogP contribution < -0.4 is 11.1 Å². The van der Waals surface area contributed by atoms with Gasteiger partial charge in [0.25, 0.3) is 0 Å². The number of hydrogen-bond donors (Lipinski definition) is 2. The molecule has 0 aliphatic rings. The van der Waals surface area contributed by atoms with E-state index in [0.29, 0.717) is 12.2 Å². The smallest absolute Gasteiger partial charge is 0.148 e. The standard InChI is InChI=1S/C16H18BrFN2/c1-16(2,11-6-8-12(17)9-7-11)10-20-14-5-3-4-13(18)15(14)19/h3-9,20H,10,19H2,1-2H3. The van der Waals surface area contributed by atoms with Crippen molar-refractivity contribution in [2.24, 2.45) is 0 Å². The molecule has 0 saturated heterocycles. The summed E-state index contributed by atoms with van der Waals surface area (Å²) in [7, 11) is 0. The Labute approximate surface area is 127 Å². The lowest BCUT2D eigenvalue weighted by molar-refractivity contribution is 0.556. The van der Waals surface area contributed by atoms with Gasteiger partial charge in [0.2, 0.25) is 0 Å². The van der Waals surface area contributed by atoms with Gasteiger partial charge in [-0.2, -0.15) is 0 Å². The lowest BCUT2D eigenvalue weighted by Gasteiger charge is -2.26. The van der Waals surface area contributed by atoms with Crippen molar-refractivity contribution in [3.05, 3.63) is 58.3 Å². The van der Waals surface area contributed by atoms with Crippen molar-refractivity contribution in [3.63, 3.8) is 0 Å². The van der Waals surface area contributed by atoms with Crippen molar-refractivity contribution >= 4 is 27.3 Å². The molecule has 0 atom stereocenters. The molecule has 0 aliphatic heterocycles. The maximum Gasteiger partial charge on any atom is 0.148 e. The molecule has 0 amide bonds. The van der Waals surface area contributed by atoms with Crippen LogP contribution in [0.3, 0.4) is 0 Å². The summed E-state index contributed by atoms with van der Waals surface area (Å²) in [5.74, 6) is -0.392. The normalized spacial score (nSPS) is 11.4. The second-order valence-corrected chi connectivity index (χ2v) is 6.36. The summed E-state index contributed by atoms with van der Waals surface area (Å²) in [6.45, 7) is 4.94. The molecule has 106 valence electrons. The number of benzene rings is 2. The second kappa shape index (κ2) is 5.83. The van der Waals surface area contributed by atoms with Crippen molar-refractivity contribution in [2.45, 2.75) is 19.3 Å². The van der Waals surface area contributed by atoms with Crippen LogP contribution in [0.4, 0.5) is 15.8 Å². The number of anilines is 2. The molecule has 2 rings (SSSR count). The molecule has 0 bridgehead atoms. The number of rotatable bonds is 4. The molecule has 2 nitrogen and oxygen atoms in total. The molecular weight excluding hydrogens is 319 g/mol. The maximum absolute atomic E-state index is 13.4. The third-order valence-electron chi connectivity index (χ3n) is 3.40. The lowest BCUT2D eigenvalue weighted by atomic mass is 9.84. The molecule has 0 fully saturated rings. The molecule has 0 aliphatic carbocycles. The fourth-order valence-electron chi connectivity index (χ4n) is 2.01. The fraction of sp³-hybridized carbons (Fsp3) is 0.250. The van der Waals surface area contributed by atoms with Gasteiger partial charge in [0, 0.05) is 16.4 Å². The summed E-state index contributed by atoms with van der Waals surface area (Å²) >= 11 is 3.43. The van der Waals surface area contributed by atoms with Gasteiger partial charge < -0.3 is 11.1 Å². The summed E-state index contributed by atoms with van der Waals surface area (Å²) in [6, 6.07) is 13.0. The van der Waals surface area contributed by atoms with Crippen LogP contribution in [0, 0.1) is 5.82 Å². The van der Waals surface area contributed by atoms with Crippen molar-refractivity contribution in [1.29, 1.82) is 0 Å². The van der Waals surface area contributed by atoms with E-state index in [1.807, 2.05) is 12.1 Å². The predicted octanol–water partition coefficient (Wildman–Crippen LogP) is 4.56. The van der Waals surface area contributed by atoms with Gasteiger partial charge in [-0.25, -0.2) is 4.39 Å². The van der Waals surface area contributed by atoms with Gasteiger partial charge in [0.15, 0.2) is 0 Å². The van der Waals surface area contributed by atoms with Crippen molar-refractivity contribution in [1.82, 2.24) is 0 Å². The lowest BCUT2D eigenvalue weighted by Crippen LogP contribution is -2.27. The molecule has 2 aromatic carbocycles. The van der Waals surface area contributed by atoms with E-state index in [4.69, 9.17) is 5.73 Å². The highest BCUT2D eigenvalue weighted by Crippen LogP contribution is 2.27.